The lowest BCUT2D eigenvalue weighted by atomic mass is 10.4. The van der Waals surface area contributed by atoms with Crippen LogP contribution in [0.4, 0.5) is 5.82 Å². The second-order valence-corrected chi connectivity index (χ2v) is 1.97. The summed E-state index contributed by atoms with van der Waals surface area (Å²) in [5.74, 6) is 1.50. The molecule has 0 saturated heterocycles. The number of ether oxygens (including phenoxy) is 2. The van der Waals surface area contributed by atoms with E-state index in [0.717, 1.165) is 0 Å². The molecular weight excluding hydrogens is 180 g/mol. The van der Waals surface area contributed by atoms with E-state index < -0.39 is 0 Å². The summed E-state index contributed by atoms with van der Waals surface area (Å²) in [4.78, 5) is 3.88. The number of rotatable bonds is 2. The van der Waals surface area contributed by atoms with Gasteiger partial charge in [-0.1, -0.05) is 0 Å². The third kappa shape index (κ3) is 2.47. The molecule has 0 amide bonds. The second-order valence-electron chi connectivity index (χ2n) is 1.97. The third-order valence-corrected chi connectivity index (χ3v) is 1.24. The number of nitrogens with two attached hydrogens (primary N) is 1. The molecule has 1 aromatic rings. The Hall–Kier alpha value is -1.16. The first-order valence-corrected chi connectivity index (χ1v) is 3.12. The van der Waals surface area contributed by atoms with E-state index in [1.807, 2.05) is 0 Å². The average molecular weight is 191 g/mol. The molecule has 0 bridgehead atoms. The normalized spacial score (nSPS) is 8.50. The molecule has 0 aromatic carbocycles. The van der Waals surface area contributed by atoms with E-state index in [4.69, 9.17) is 15.2 Å². The van der Waals surface area contributed by atoms with Crippen molar-refractivity contribution in [3.8, 4) is 11.6 Å². The Kier molecular flexibility index (Phi) is 4.21. The van der Waals surface area contributed by atoms with E-state index in [-0.39, 0.29) is 12.4 Å². The predicted molar refractivity (Wildman–Crippen MR) is 49.0 cm³/mol. The molecule has 1 rings (SSSR count). The van der Waals surface area contributed by atoms with E-state index in [1.165, 1.54) is 7.11 Å². The summed E-state index contributed by atoms with van der Waals surface area (Å²) in [7, 11) is 3.09. The highest BCUT2D eigenvalue weighted by molar-refractivity contribution is 5.85. The van der Waals surface area contributed by atoms with Gasteiger partial charge < -0.3 is 15.2 Å². The zero-order valence-electron chi connectivity index (χ0n) is 6.90. The fourth-order valence-corrected chi connectivity index (χ4v) is 0.723. The number of halogens is 1. The van der Waals surface area contributed by atoms with Crippen molar-refractivity contribution in [3.05, 3.63) is 12.1 Å². The van der Waals surface area contributed by atoms with Crippen LogP contribution in [0.15, 0.2) is 12.1 Å². The van der Waals surface area contributed by atoms with E-state index in [0.29, 0.717) is 17.4 Å². The molecule has 0 spiro atoms. The summed E-state index contributed by atoms with van der Waals surface area (Å²) in [5, 5.41) is 0. The topological polar surface area (TPSA) is 57.4 Å². The average Bonchev–Trinajstić information content (AvgIpc) is 2.03. The first-order valence-electron chi connectivity index (χ1n) is 3.12. The molecule has 0 fully saturated rings. The summed E-state index contributed by atoms with van der Waals surface area (Å²) >= 11 is 0. The Bertz CT molecular complexity index is 233. The minimum absolute atomic E-state index is 0. The Labute approximate surface area is 77.1 Å². The first-order chi connectivity index (χ1) is 5.26. The van der Waals surface area contributed by atoms with Crippen molar-refractivity contribution >= 4 is 18.2 Å². The predicted octanol–water partition coefficient (Wildman–Crippen LogP) is 1.10. The highest BCUT2D eigenvalue weighted by Gasteiger charge is 1.98. The van der Waals surface area contributed by atoms with Crippen molar-refractivity contribution in [1.29, 1.82) is 0 Å². The third-order valence-electron chi connectivity index (χ3n) is 1.24. The van der Waals surface area contributed by atoms with Crippen LogP contribution in [0, 0.1) is 0 Å². The lowest BCUT2D eigenvalue weighted by Gasteiger charge is -2.03. The van der Waals surface area contributed by atoms with Crippen molar-refractivity contribution in [2.45, 2.75) is 0 Å². The number of hydrogen-bond acceptors (Lipinski definition) is 4. The van der Waals surface area contributed by atoms with Crippen LogP contribution < -0.4 is 15.2 Å². The highest BCUT2D eigenvalue weighted by Crippen LogP contribution is 2.19. The van der Waals surface area contributed by atoms with Crippen LogP contribution in [0.1, 0.15) is 0 Å². The largest absolute Gasteiger partial charge is 0.496 e. The van der Waals surface area contributed by atoms with Gasteiger partial charge in [-0.3, -0.25) is 0 Å². The molecule has 12 heavy (non-hydrogen) atoms. The van der Waals surface area contributed by atoms with Gasteiger partial charge in [0.15, 0.2) is 0 Å². The zero-order chi connectivity index (χ0) is 8.27. The van der Waals surface area contributed by atoms with Crippen LogP contribution in [-0.2, 0) is 0 Å². The van der Waals surface area contributed by atoms with Gasteiger partial charge in [0, 0.05) is 12.1 Å². The summed E-state index contributed by atoms with van der Waals surface area (Å²) in [6.45, 7) is 0. The Morgan fingerprint density at radius 2 is 1.92 bits per heavy atom. The minimum atomic E-state index is 0. The van der Waals surface area contributed by atoms with Gasteiger partial charge in [0.2, 0.25) is 5.88 Å². The van der Waals surface area contributed by atoms with Gasteiger partial charge in [-0.25, -0.2) is 0 Å². The summed E-state index contributed by atoms with van der Waals surface area (Å²) < 4.78 is 9.80. The molecule has 5 heteroatoms. The molecule has 2 N–H and O–H groups in total. The molecule has 1 heterocycles. The first kappa shape index (κ1) is 10.8. The number of nitrogens with zero attached hydrogens (tertiary/aromatic N) is 1. The maximum atomic E-state index is 5.44. The Morgan fingerprint density at radius 3 is 2.42 bits per heavy atom. The maximum Gasteiger partial charge on any atom is 0.218 e. The number of aromatic nitrogens is 1. The Balaban J connectivity index is 0.00000121. The monoisotopic (exact) mass is 190 g/mol. The highest BCUT2D eigenvalue weighted by atomic mass is 35.5. The molecule has 0 aliphatic carbocycles. The summed E-state index contributed by atoms with van der Waals surface area (Å²) in [5.41, 5.74) is 5.44. The molecule has 0 saturated carbocycles. The number of nitrogen functional groups attached to an aromatic ring is 1. The fourth-order valence-electron chi connectivity index (χ4n) is 0.723. The van der Waals surface area contributed by atoms with Gasteiger partial charge >= 0.3 is 0 Å². The van der Waals surface area contributed by atoms with Crippen LogP contribution in [-0.4, -0.2) is 19.2 Å². The van der Waals surface area contributed by atoms with Gasteiger partial charge in [-0.2, -0.15) is 4.98 Å². The van der Waals surface area contributed by atoms with Crippen LogP contribution in [0.3, 0.4) is 0 Å². The van der Waals surface area contributed by atoms with Crippen LogP contribution >= 0.6 is 12.4 Å². The Morgan fingerprint density at radius 1 is 1.25 bits per heavy atom. The van der Waals surface area contributed by atoms with Gasteiger partial charge in [0.05, 0.1) is 14.2 Å². The van der Waals surface area contributed by atoms with Crippen molar-refractivity contribution in [2.75, 3.05) is 20.0 Å². The quantitative estimate of drug-likeness (QED) is 0.759. The fraction of sp³-hybridized carbons (Fsp3) is 0.286. The van der Waals surface area contributed by atoms with Gasteiger partial charge in [-0.05, 0) is 0 Å². The number of hydrogen-bond donors (Lipinski definition) is 1. The van der Waals surface area contributed by atoms with Crippen LogP contribution in [0.25, 0.3) is 0 Å². The van der Waals surface area contributed by atoms with Gasteiger partial charge in [0.25, 0.3) is 0 Å². The van der Waals surface area contributed by atoms with Gasteiger partial charge in [0.1, 0.15) is 11.6 Å². The summed E-state index contributed by atoms with van der Waals surface area (Å²) in [6, 6.07) is 3.29. The van der Waals surface area contributed by atoms with E-state index in [9.17, 15) is 0 Å². The maximum absolute atomic E-state index is 5.44. The molecule has 0 atom stereocenters. The number of pyridine rings is 1. The molecule has 0 radical (unpaired) electrons. The number of methoxy groups -OCH3 is 2. The lowest BCUT2D eigenvalue weighted by Crippen LogP contribution is -1.95. The number of anilines is 1. The molecule has 0 unspecified atom stereocenters. The lowest BCUT2D eigenvalue weighted by molar-refractivity contribution is 0.383. The van der Waals surface area contributed by atoms with E-state index in [2.05, 4.69) is 4.98 Å². The summed E-state index contributed by atoms with van der Waals surface area (Å²) in [6.07, 6.45) is 0. The van der Waals surface area contributed by atoms with Crippen molar-refractivity contribution < 1.29 is 9.47 Å². The standard InChI is InChI=1S/C7H10N2O2.ClH/c1-10-5-3-6(8)9-7(4-5)11-2;/h3-4H,1-2H3,(H2,8,9);1H. The second kappa shape index (κ2) is 4.66. The molecule has 68 valence electrons. The molecule has 0 aliphatic heterocycles. The van der Waals surface area contributed by atoms with Crippen LogP contribution in [0.2, 0.25) is 0 Å². The molecule has 1 aromatic heterocycles. The zero-order valence-corrected chi connectivity index (χ0v) is 7.72. The SMILES string of the molecule is COc1cc(N)nc(OC)c1.Cl. The van der Waals surface area contributed by atoms with Gasteiger partial charge in [-0.15, -0.1) is 12.4 Å². The molecule has 0 aliphatic rings. The van der Waals surface area contributed by atoms with Crippen molar-refractivity contribution in [2.24, 2.45) is 0 Å². The van der Waals surface area contributed by atoms with E-state index >= 15 is 0 Å². The molecular formula is C7H11ClN2O2. The smallest absolute Gasteiger partial charge is 0.218 e. The minimum Gasteiger partial charge on any atom is -0.496 e. The molecule has 4 nitrogen and oxygen atoms in total. The van der Waals surface area contributed by atoms with E-state index in [1.54, 1.807) is 19.2 Å². The van der Waals surface area contributed by atoms with Crippen molar-refractivity contribution in [1.82, 2.24) is 4.98 Å². The van der Waals surface area contributed by atoms with Crippen molar-refractivity contribution in [3.63, 3.8) is 0 Å². The van der Waals surface area contributed by atoms with Crippen LogP contribution in [0.5, 0.6) is 11.6 Å².